The molecule has 3 rings (SSSR count). The second-order valence-electron chi connectivity index (χ2n) is 7.17. The fourth-order valence-electron chi connectivity index (χ4n) is 3.64. The molecule has 0 aromatic heterocycles. The highest BCUT2D eigenvalue weighted by atomic mass is 16.5. The van der Waals surface area contributed by atoms with Crippen LogP contribution in [-0.4, -0.2) is 66.9 Å². The third kappa shape index (κ3) is 5.01. The normalized spacial score (nSPS) is 26.3. The molecule has 0 radical (unpaired) electrons. The van der Waals surface area contributed by atoms with Crippen molar-refractivity contribution >= 4 is 0 Å². The smallest absolute Gasteiger partial charge is 0.0952 e. The predicted molar refractivity (Wildman–Crippen MR) is 92.4 cm³/mol. The van der Waals surface area contributed by atoms with Crippen molar-refractivity contribution in [2.45, 2.75) is 32.0 Å². The molecule has 2 saturated heterocycles. The lowest BCUT2D eigenvalue weighted by Crippen LogP contribution is -2.46. The third-order valence-corrected chi connectivity index (χ3v) is 5.14. The molecule has 0 amide bonds. The quantitative estimate of drug-likeness (QED) is 0.902. The molecule has 0 spiro atoms. The van der Waals surface area contributed by atoms with Gasteiger partial charge in [0.05, 0.1) is 18.8 Å². The monoisotopic (exact) mass is 318 g/mol. The number of morpholine rings is 1. The van der Waals surface area contributed by atoms with E-state index >= 15 is 0 Å². The maximum absolute atomic E-state index is 10.5. The minimum absolute atomic E-state index is 0.132. The van der Waals surface area contributed by atoms with Crippen LogP contribution in [-0.2, 0) is 4.74 Å². The Morgan fingerprint density at radius 1 is 1.09 bits per heavy atom. The molecule has 4 nitrogen and oxygen atoms in total. The summed E-state index contributed by atoms with van der Waals surface area (Å²) in [5, 5.41) is 10.5. The van der Waals surface area contributed by atoms with Gasteiger partial charge in [-0.25, -0.2) is 0 Å². The van der Waals surface area contributed by atoms with Crippen LogP contribution in [0.15, 0.2) is 30.3 Å². The summed E-state index contributed by atoms with van der Waals surface area (Å²) in [5.74, 6) is 0.842. The van der Waals surface area contributed by atoms with Gasteiger partial charge in [0.25, 0.3) is 0 Å². The molecule has 2 unspecified atom stereocenters. The van der Waals surface area contributed by atoms with Gasteiger partial charge in [0, 0.05) is 26.2 Å². The van der Waals surface area contributed by atoms with E-state index in [0.717, 1.165) is 51.8 Å². The Hall–Kier alpha value is -0.940. The van der Waals surface area contributed by atoms with Gasteiger partial charge in [0.1, 0.15) is 0 Å². The molecule has 1 N–H and O–H groups in total. The first-order valence-corrected chi connectivity index (χ1v) is 9.00. The van der Waals surface area contributed by atoms with Gasteiger partial charge in [-0.3, -0.25) is 4.90 Å². The van der Waals surface area contributed by atoms with Gasteiger partial charge in [0.2, 0.25) is 0 Å². The number of rotatable bonds is 5. The molecule has 2 fully saturated rings. The Bertz CT molecular complexity index is 460. The summed E-state index contributed by atoms with van der Waals surface area (Å²) < 4.78 is 5.90. The summed E-state index contributed by atoms with van der Waals surface area (Å²) >= 11 is 0. The molecule has 0 bridgehead atoms. The number of ether oxygens (including phenoxy) is 1. The van der Waals surface area contributed by atoms with Gasteiger partial charge in [-0.15, -0.1) is 0 Å². The molecule has 128 valence electrons. The molecular formula is C19H30N2O2. The predicted octanol–water partition coefficient (Wildman–Crippen LogP) is 2.15. The number of β-amino-alcohol motifs (C(OH)–C–C–N with tert-alkyl or cyclic N) is 1. The number of nitrogens with zero attached hydrogens (tertiary/aromatic N) is 2. The Morgan fingerprint density at radius 2 is 1.78 bits per heavy atom. The van der Waals surface area contributed by atoms with Gasteiger partial charge >= 0.3 is 0 Å². The van der Waals surface area contributed by atoms with Crippen LogP contribution in [0.25, 0.3) is 0 Å². The standard InChI is InChI=1S/C19H30N2O2/c1-16-7-9-20(10-8-16)13-18(22)14-21-11-12-23-19(15-21)17-5-3-2-4-6-17/h2-6,16,18-19,22H,7-15H2,1H3. The van der Waals surface area contributed by atoms with Crippen molar-refractivity contribution in [1.29, 1.82) is 0 Å². The third-order valence-electron chi connectivity index (χ3n) is 5.14. The molecule has 1 aromatic carbocycles. The van der Waals surface area contributed by atoms with Gasteiger partial charge in [0.15, 0.2) is 0 Å². The summed E-state index contributed by atoms with van der Waals surface area (Å²) in [6, 6.07) is 10.4. The summed E-state index contributed by atoms with van der Waals surface area (Å²) in [4.78, 5) is 4.76. The number of hydrogen-bond donors (Lipinski definition) is 1. The number of piperidine rings is 1. The van der Waals surface area contributed by atoms with Crippen molar-refractivity contribution in [3.05, 3.63) is 35.9 Å². The van der Waals surface area contributed by atoms with Crippen LogP contribution in [0.3, 0.4) is 0 Å². The van der Waals surface area contributed by atoms with E-state index in [0.29, 0.717) is 0 Å². The van der Waals surface area contributed by atoms with Crippen molar-refractivity contribution in [3.63, 3.8) is 0 Å². The van der Waals surface area contributed by atoms with Crippen molar-refractivity contribution in [2.24, 2.45) is 5.92 Å². The number of likely N-dealkylation sites (tertiary alicyclic amines) is 1. The maximum Gasteiger partial charge on any atom is 0.0952 e. The number of hydrogen-bond acceptors (Lipinski definition) is 4. The molecule has 2 aliphatic heterocycles. The molecule has 0 aliphatic carbocycles. The number of benzene rings is 1. The average Bonchev–Trinajstić information content (AvgIpc) is 2.58. The first-order chi connectivity index (χ1) is 11.2. The van der Waals surface area contributed by atoms with Crippen LogP contribution in [0.4, 0.5) is 0 Å². The van der Waals surface area contributed by atoms with Crippen LogP contribution < -0.4 is 0 Å². The van der Waals surface area contributed by atoms with E-state index < -0.39 is 0 Å². The van der Waals surface area contributed by atoms with Gasteiger partial charge in [-0.2, -0.15) is 0 Å². The lowest BCUT2D eigenvalue weighted by atomic mass is 9.99. The van der Waals surface area contributed by atoms with Crippen LogP contribution in [0, 0.1) is 5.92 Å². The van der Waals surface area contributed by atoms with E-state index in [1.54, 1.807) is 0 Å². The summed E-state index contributed by atoms with van der Waals surface area (Å²) in [5.41, 5.74) is 1.23. The molecule has 0 saturated carbocycles. The van der Waals surface area contributed by atoms with E-state index in [2.05, 4.69) is 41.0 Å². The Kier molecular flexibility index (Phi) is 6.06. The van der Waals surface area contributed by atoms with Gasteiger partial charge in [-0.05, 0) is 37.4 Å². The summed E-state index contributed by atoms with van der Waals surface area (Å²) in [6.07, 6.45) is 2.40. The first-order valence-electron chi connectivity index (χ1n) is 9.00. The van der Waals surface area contributed by atoms with Crippen LogP contribution >= 0.6 is 0 Å². The highest BCUT2D eigenvalue weighted by Gasteiger charge is 2.25. The highest BCUT2D eigenvalue weighted by Crippen LogP contribution is 2.22. The van der Waals surface area contributed by atoms with E-state index in [-0.39, 0.29) is 12.2 Å². The second kappa shape index (κ2) is 8.25. The first kappa shape index (κ1) is 16.9. The molecule has 4 heteroatoms. The van der Waals surface area contributed by atoms with Crippen molar-refractivity contribution in [2.75, 3.05) is 45.9 Å². The molecule has 2 atom stereocenters. The average molecular weight is 318 g/mol. The minimum Gasteiger partial charge on any atom is -0.390 e. The fourth-order valence-corrected chi connectivity index (χ4v) is 3.64. The maximum atomic E-state index is 10.5. The molecule has 2 heterocycles. The number of aliphatic hydroxyl groups is 1. The number of aliphatic hydroxyl groups excluding tert-OH is 1. The van der Waals surface area contributed by atoms with E-state index in [1.165, 1.54) is 18.4 Å². The molecule has 23 heavy (non-hydrogen) atoms. The van der Waals surface area contributed by atoms with Gasteiger partial charge in [-0.1, -0.05) is 37.3 Å². The lowest BCUT2D eigenvalue weighted by Gasteiger charge is -2.36. The van der Waals surface area contributed by atoms with Crippen LogP contribution in [0.1, 0.15) is 31.4 Å². The van der Waals surface area contributed by atoms with Crippen molar-refractivity contribution < 1.29 is 9.84 Å². The molecule has 1 aromatic rings. The molecule has 2 aliphatic rings. The van der Waals surface area contributed by atoms with Crippen molar-refractivity contribution in [1.82, 2.24) is 9.80 Å². The Morgan fingerprint density at radius 3 is 2.52 bits per heavy atom. The van der Waals surface area contributed by atoms with Crippen molar-refractivity contribution in [3.8, 4) is 0 Å². The lowest BCUT2D eigenvalue weighted by molar-refractivity contribution is -0.0456. The summed E-state index contributed by atoms with van der Waals surface area (Å²) in [7, 11) is 0. The Labute approximate surface area is 140 Å². The van der Waals surface area contributed by atoms with Crippen LogP contribution in [0.2, 0.25) is 0 Å². The van der Waals surface area contributed by atoms with E-state index in [4.69, 9.17) is 4.74 Å². The largest absolute Gasteiger partial charge is 0.390 e. The Balaban J connectivity index is 1.45. The van der Waals surface area contributed by atoms with Crippen LogP contribution in [0.5, 0.6) is 0 Å². The highest BCUT2D eigenvalue weighted by molar-refractivity contribution is 5.18. The fraction of sp³-hybridized carbons (Fsp3) is 0.684. The molecular weight excluding hydrogens is 288 g/mol. The zero-order valence-corrected chi connectivity index (χ0v) is 14.2. The second-order valence-corrected chi connectivity index (χ2v) is 7.17. The van der Waals surface area contributed by atoms with E-state index in [9.17, 15) is 5.11 Å². The summed E-state index contributed by atoms with van der Waals surface area (Å²) in [6.45, 7) is 8.68. The van der Waals surface area contributed by atoms with Gasteiger partial charge < -0.3 is 14.7 Å². The minimum atomic E-state index is -0.266. The zero-order chi connectivity index (χ0) is 16.1. The zero-order valence-electron chi connectivity index (χ0n) is 14.2. The van der Waals surface area contributed by atoms with E-state index in [1.807, 2.05) is 6.07 Å². The topological polar surface area (TPSA) is 35.9 Å². The SMILES string of the molecule is CC1CCN(CC(O)CN2CCOC(c3ccccc3)C2)CC1.